The highest BCUT2D eigenvalue weighted by atomic mass is 35.5. The van der Waals surface area contributed by atoms with Gasteiger partial charge in [-0.15, -0.1) is 0 Å². The number of halogens is 1. The first-order chi connectivity index (χ1) is 12.0. The molecule has 132 valence electrons. The number of thiocarbonyl (C=S) groups is 1. The topological polar surface area (TPSA) is 37.0 Å². The number of benzene rings is 1. The van der Waals surface area contributed by atoms with E-state index in [-0.39, 0.29) is 5.54 Å². The molecule has 3 rings (SSSR count). The smallest absolute Gasteiger partial charge is 0.172 e. The van der Waals surface area contributed by atoms with E-state index in [1.54, 1.807) is 0 Å². The second-order valence-electron chi connectivity index (χ2n) is 6.91. The van der Waals surface area contributed by atoms with Gasteiger partial charge in [0.15, 0.2) is 5.11 Å². The maximum absolute atomic E-state index is 5.98. The Labute approximate surface area is 160 Å². The van der Waals surface area contributed by atoms with Crippen LogP contribution in [0.1, 0.15) is 43.2 Å². The third kappa shape index (κ3) is 5.16. The lowest BCUT2D eigenvalue weighted by molar-refractivity contribution is 0.362. The van der Waals surface area contributed by atoms with Crippen molar-refractivity contribution in [3.8, 4) is 0 Å². The van der Waals surface area contributed by atoms with Gasteiger partial charge in [-0.3, -0.25) is 0 Å². The Kier molecular flexibility index (Phi) is 5.92. The normalized spacial score (nSPS) is 15.8. The molecule has 2 aromatic rings. The Morgan fingerprint density at radius 1 is 1.16 bits per heavy atom. The zero-order valence-electron chi connectivity index (χ0n) is 14.5. The second-order valence-corrected chi connectivity index (χ2v) is 7.76. The predicted octanol–water partition coefficient (Wildman–Crippen LogP) is 5.28. The number of aryl methyl sites for hydroxylation is 2. The van der Waals surface area contributed by atoms with E-state index in [1.807, 2.05) is 37.4 Å². The average Bonchev–Trinajstić information content (AvgIpc) is 3.05. The van der Waals surface area contributed by atoms with Crippen LogP contribution in [0.2, 0.25) is 5.02 Å². The highest BCUT2D eigenvalue weighted by Crippen LogP contribution is 2.34. The summed E-state index contributed by atoms with van der Waals surface area (Å²) >= 11 is 11.5. The third-order valence-electron chi connectivity index (χ3n) is 4.90. The maximum Gasteiger partial charge on any atom is 0.172 e. The summed E-state index contributed by atoms with van der Waals surface area (Å²) in [5.74, 6) is 0.786. The fourth-order valence-corrected chi connectivity index (χ4v) is 3.90. The number of aromatic nitrogens is 1. The molecule has 1 saturated carbocycles. The van der Waals surface area contributed by atoms with E-state index in [1.165, 1.54) is 18.4 Å². The van der Waals surface area contributed by atoms with Gasteiger partial charge in [-0.2, -0.15) is 0 Å². The van der Waals surface area contributed by atoms with E-state index in [4.69, 9.17) is 23.8 Å². The van der Waals surface area contributed by atoms with Crippen LogP contribution in [0.4, 0.5) is 5.82 Å². The standard InChI is InChI=1S/C20H24ClN3S/c1-15-4-9-18(22-14-15)23-19(25)24-20(11-2-3-12-20)13-10-16-5-7-17(21)8-6-16/h4-9,14H,2-3,10-13H2,1H3,(H2,22,23,24,25). The molecule has 0 aliphatic heterocycles. The van der Waals surface area contributed by atoms with Crippen molar-refractivity contribution in [1.82, 2.24) is 10.3 Å². The second kappa shape index (κ2) is 8.15. The number of nitrogens with one attached hydrogen (secondary N) is 2. The molecule has 3 nitrogen and oxygen atoms in total. The van der Waals surface area contributed by atoms with E-state index in [0.29, 0.717) is 5.11 Å². The van der Waals surface area contributed by atoms with Gasteiger partial charge in [0, 0.05) is 16.8 Å². The molecule has 1 heterocycles. The minimum absolute atomic E-state index is 0.0778. The maximum atomic E-state index is 5.98. The lowest BCUT2D eigenvalue weighted by Crippen LogP contribution is -2.48. The van der Waals surface area contributed by atoms with Gasteiger partial charge in [-0.05, 0) is 74.2 Å². The molecule has 0 unspecified atom stereocenters. The van der Waals surface area contributed by atoms with Gasteiger partial charge in [0.1, 0.15) is 5.82 Å². The van der Waals surface area contributed by atoms with Crippen molar-refractivity contribution in [2.24, 2.45) is 0 Å². The molecule has 0 spiro atoms. The van der Waals surface area contributed by atoms with E-state index in [0.717, 1.165) is 42.1 Å². The van der Waals surface area contributed by atoms with Crippen molar-refractivity contribution in [1.29, 1.82) is 0 Å². The molecule has 0 saturated heterocycles. The molecule has 0 bridgehead atoms. The SMILES string of the molecule is Cc1ccc(NC(=S)NC2(CCc3ccc(Cl)cc3)CCCC2)nc1. The summed E-state index contributed by atoms with van der Waals surface area (Å²) in [6.07, 6.45) is 8.75. The van der Waals surface area contributed by atoms with Gasteiger partial charge in [-0.1, -0.05) is 42.6 Å². The minimum atomic E-state index is 0.0778. The Bertz CT molecular complexity index is 707. The number of hydrogen-bond acceptors (Lipinski definition) is 2. The molecule has 1 aliphatic carbocycles. The van der Waals surface area contributed by atoms with Gasteiger partial charge in [-0.25, -0.2) is 4.98 Å². The average molecular weight is 374 g/mol. The summed E-state index contributed by atoms with van der Waals surface area (Å²) in [6, 6.07) is 12.1. The summed E-state index contributed by atoms with van der Waals surface area (Å²) in [7, 11) is 0. The van der Waals surface area contributed by atoms with Gasteiger partial charge >= 0.3 is 0 Å². The number of rotatable bonds is 5. The van der Waals surface area contributed by atoms with Crippen LogP contribution in [0.25, 0.3) is 0 Å². The zero-order chi connectivity index (χ0) is 17.7. The van der Waals surface area contributed by atoms with Crippen molar-refractivity contribution < 1.29 is 0 Å². The highest BCUT2D eigenvalue weighted by molar-refractivity contribution is 7.80. The summed E-state index contributed by atoms with van der Waals surface area (Å²) in [4.78, 5) is 4.37. The van der Waals surface area contributed by atoms with Crippen LogP contribution < -0.4 is 10.6 Å². The van der Waals surface area contributed by atoms with Crippen LogP contribution in [-0.2, 0) is 6.42 Å². The van der Waals surface area contributed by atoms with Gasteiger partial charge in [0.25, 0.3) is 0 Å². The summed E-state index contributed by atoms with van der Waals surface area (Å²) < 4.78 is 0. The van der Waals surface area contributed by atoms with E-state index >= 15 is 0 Å². The number of pyridine rings is 1. The zero-order valence-corrected chi connectivity index (χ0v) is 16.1. The first-order valence-electron chi connectivity index (χ1n) is 8.81. The van der Waals surface area contributed by atoms with Gasteiger partial charge in [0.05, 0.1) is 0 Å². The molecule has 1 fully saturated rings. The largest absolute Gasteiger partial charge is 0.357 e. The highest BCUT2D eigenvalue weighted by Gasteiger charge is 2.34. The summed E-state index contributed by atoms with van der Waals surface area (Å²) in [6.45, 7) is 2.03. The first kappa shape index (κ1) is 18.2. The molecule has 2 N–H and O–H groups in total. The van der Waals surface area contributed by atoms with Crippen LogP contribution in [0.5, 0.6) is 0 Å². The Morgan fingerprint density at radius 2 is 1.88 bits per heavy atom. The van der Waals surface area contributed by atoms with E-state index in [2.05, 4.69) is 27.8 Å². The van der Waals surface area contributed by atoms with Crippen LogP contribution in [0.3, 0.4) is 0 Å². The number of nitrogens with zero attached hydrogens (tertiary/aromatic N) is 1. The molecule has 25 heavy (non-hydrogen) atoms. The lowest BCUT2D eigenvalue weighted by atomic mass is 9.89. The first-order valence-corrected chi connectivity index (χ1v) is 9.60. The molecule has 0 atom stereocenters. The molecule has 0 amide bonds. The quantitative estimate of drug-likeness (QED) is 0.699. The van der Waals surface area contributed by atoms with Gasteiger partial charge in [0.2, 0.25) is 0 Å². The van der Waals surface area contributed by atoms with Crippen LogP contribution >= 0.6 is 23.8 Å². The van der Waals surface area contributed by atoms with Crippen LogP contribution in [0, 0.1) is 6.92 Å². The predicted molar refractivity (Wildman–Crippen MR) is 109 cm³/mol. The molecule has 1 aliphatic rings. The van der Waals surface area contributed by atoms with Gasteiger partial charge < -0.3 is 10.6 Å². The molecular weight excluding hydrogens is 350 g/mol. The lowest BCUT2D eigenvalue weighted by Gasteiger charge is -2.32. The number of anilines is 1. The Balaban J connectivity index is 1.60. The fraction of sp³-hybridized carbons (Fsp3) is 0.400. The number of hydrogen-bond donors (Lipinski definition) is 2. The van der Waals surface area contributed by atoms with Crippen molar-refractivity contribution in [3.05, 3.63) is 58.7 Å². The summed E-state index contributed by atoms with van der Waals surface area (Å²) in [5.41, 5.74) is 2.53. The Hall–Kier alpha value is -1.65. The summed E-state index contributed by atoms with van der Waals surface area (Å²) in [5, 5.41) is 8.26. The Morgan fingerprint density at radius 3 is 2.52 bits per heavy atom. The molecule has 5 heteroatoms. The minimum Gasteiger partial charge on any atom is -0.357 e. The van der Waals surface area contributed by atoms with Crippen molar-refractivity contribution in [2.75, 3.05) is 5.32 Å². The molecule has 1 aromatic heterocycles. The molecule has 0 radical (unpaired) electrons. The van der Waals surface area contributed by atoms with Crippen LogP contribution in [0.15, 0.2) is 42.6 Å². The van der Waals surface area contributed by atoms with Crippen molar-refractivity contribution >= 4 is 34.7 Å². The van der Waals surface area contributed by atoms with E-state index in [9.17, 15) is 0 Å². The van der Waals surface area contributed by atoms with Crippen molar-refractivity contribution in [2.45, 2.75) is 51.0 Å². The van der Waals surface area contributed by atoms with Crippen LogP contribution in [-0.4, -0.2) is 15.6 Å². The van der Waals surface area contributed by atoms with E-state index < -0.39 is 0 Å². The molecule has 1 aromatic carbocycles. The van der Waals surface area contributed by atoms with Crippen molar-refractivity contribution in [3.63, 3.8) is 0 Å². The molecular formula is C20H24ClN3S. The fourth-order valence-electron chi connectivity index (χ4n) is 3.45. The monoisotopic (exact) mass is 373 g/mol. The third-order valence-corrected chi connectivity index (χ3v) is 5.35.